The van der Waals surface area contributed by atoms with Crippen molar-refractivity contribution in [1.29, 1.82) is 0 Å². The van der Waals surface area contributed by atoms with Gasteiger partial charge >= 0.3 is 5.97 Å². The second-order valence-electron chi connectivity index (χ2n) is 8.50. The first-order valence-electron chi connectivity index (χ1n) is 11.4. The number of aromatic nitrogens is 5. The number of aliphatic carboxylic acids is 1. The van der Waals surface area contributed by atoms with Crippen LogP contribution in [0.1, 0.15) is 33.3 Å². The predicted octanol–water partition coefficient (Wildman–Crippen LogP) is 3.82. The number of rotatable bonds is 9. The third-order valence-electron chi connectivity index (χ3n) is 5.44. The van der Waals surface area contributed by atoms with Crippen LogP contribution in [0, 0.1) is 5.92 Å². The van der Waals surface area contributed by atoms with Crippen LogP contribution < -0.4 is 15.0 Å². The van der Waals surface area contributed by atoms with Crippen LogP contribution >= 0.6 is 0 Å². The first-order chi connectivity index (χ1) is 16.8. The Hall–Kier alpha value is -4.21. The molecule has 2 aromatic carbocycles. The summed E-state index contributed by atoms with van der Waals surface area (Å²) >= 11 is 0. The molecule has 2 heterocycles. The van der Waals surface area contributed by atoms with Crippen LogP contribution in [0.25, 0.3) is 33.7 Å². The number of fused-ring (bicyclic) bond motifs is 1. The molecule has 0 fully saturated rings. The van der Waals surface area contributed by atoms with Crippen molar-refractivity contribution in [3.63, 3.8) is 0 Å². The van der Waals surface area contributed by atoms with Crippen LogP contribution in [0.15, 0.2) is 41.2 Å². The molecular formula is C25H27N5O5. The molecule has 10 nitrogen and oxygen atoms in total. The second-order valence-corrected chi connectivity index (χ2v) is 8.50. The van der Waals surface area contributed by atoms with Crippen molar-refractivity contribution in [1.82, 2.24) is 25.4 Å². The van der Waals surface area contributed by atoms with Gasteiger partial charge in [-0.15, -0.1) is 5.10 Å². The zero-order valence-electron chi connectivity index (χ0n) is 20.0. The Labute approximate surface area is 201 Å². The van der Waals surface area contributed by atoms with E-state index in [1.807, 2.05) is 57.2 Å². The lowest BCUT2D eigenvalue weighted by atomic mass is 9.95. The van der Waals surface area contributed by atoms with Crippen molar-refractivity contribution in [3.05, 3.63) is 52.3 Å². The maximum Gasteiger partial charge on any atom is 0.306 e. The number of aromatic amines is 2. The molecule has 2 aromatic heterocycles. The van der Waals surface area contributed by atoms with Crippen LogP contribution in [0.2, 0.25) is 0 Å². The lowest BCUT2D eigenvalue weighted by molar-refractivity contribution is -0.141. The van der Waals surface area contributed by atoms with Gasteiger partial charge in [-0.3, -0.25) is 9.59 Å². The smallest absolute Gasteiger partial charge is 0.306 e. The van der Waals surface area contributed by atoms with Gasteiger partial charge < -0.3 is 19.6 Å². The van der Waals surface area contributed by atoms with Crippen molar-refractivity contribution in [2.45, 2.75) is 40.2 Å². The average Bonchev–Trinajstić information content (AvgIpc) is 3.29. The van der Waals surface area contributed by atoms with Crippen molar-refractivity contribution < 1.29 is 19.4 Å². The van der Waals surface area contributed by atoms with Gasteiger partial charge in [0.25, 0.3) is 5.56 Å². The zero-order chi connectivity index (χ0) is 25.1. The maximum atomic E-state index is 12.4. The standard InChI is InChI=1S/C25H27N5O5/c1-5-34-20-12-16(6-8-18(20)22-26-23-21(24(31)27-22)28-30-29-23)15-7-9-19(35-13(2)3)17(11-15)10-14(4)25(32)33/h6-9,11-14H,5,10H2,1-4H3,(H,32,33)(H2,26,27,28,29,30,31)/t14-/m1/s1. The summed E-state index contributed by atoms with van der Waals surface area (Å²) in [7, 11) is 0. The van der Waals surface area contributed by atoms with E-state index in [0.29, 0.717) is 35.9 Å². The molecule has 4 rings (SSSR count). The van der Waals surface area contributed by atoms with E-state index in [4.69, 9.17) is 9.47 Å². The summed E-state index contributed by atoms with van der Waals surface area (Å²) in [5, 5.41) is 19.4. The number of carboxylic acid groups (broad SMARTS) is 1. The van der Waals surface area contributed by atoms with Gasteiger partial charge in [0.1, 0.15) is 17.3 Å². The molecule has 0 saturated carbocycles. The number of nitrogens with zero attached hydrogens (tertiary/aromatic N) is 3. The predicted molar refractivity (Wildman–Crippen MR) is 131 cm³/mol. The Morgan fingerprint density at radius 3 is 2.54 bits per heavy atom. The van der Waals surface area contributed by atoms with E-state index < -0.39 is 17.4 Å². The Morgan fingerprint density at radius 1 is 1.09 bits per heavy atom. The van der Waals surface area contributed by atoms with Crippen LogP contribution in [-0.4, -0.2) is 49.2 Å². The van der Waals surface area contributed by atoms with Crippen molar-refractivity contribution >= 4 is 17.1 Å². The van der Waals surface area contributed by atoms with Crippen LogP contribution in [0.5, 0.6) is 11.5 Å². The normalized spacial score (nSPS) is 12.1. The fraction of sp³-hybridized carbons (Fsp3) is 0.320. The van der Waals surface area contributed by atoms with Crippen molar-refractivity contribution in [2.24, 2.45) is 5.92 Å². The largest absolute Gasteiger partial charge is 0.493 e. The van der Waals surface area contributed by atoms with Gasteiger partial charge in [0.05, 0.1) is 24.2 Å². The van der Waals surface area contributed by atoms with E-state index >= 15 is 0 Å². The lowest BCUT2D eigenvalue weighted by Crippen LogP contribution is -2.14. The van der Waals surface area contributed by atoms with E-state index in [0.717, 1.165) is 16.7 Å². The summed E-state index contributed by atoms with van der Waals surface area (Å²) in [5.74, 6) is 0.126. The monoisotopic (exact) mass is 477 g/mol. The van der Waals surface area contributed by atoms with Crippen molar-refractivity contribution in [3.8, 4) is 34.0 Å². The van der Waals surface area contributed by atoms with Gasteiger partial charge in [0, 0.05) is 0 Å². The molecule has 0 spiro atoms. The minimum Gasteiger partial charge on any atom is -0.493 e. The Kier molecular flexibility index (Phi) is 6.81. The highest BCUT2D eigenvalue weighted by molar-refractivity contribution is 5.77. The average molecular weight is 478 g/mol. The number of hydrogen-bond acceptors (Lipinski definition) is 7. The first-order valence-corrected chi connectivity index (χ1v) is 11.4. The molecule has 3 N–H and O–H groups in total. The number of hydrogen-bond donors (Lipinski definition) is 3. The van der Waals surface area contributed by atoms with Crippen LogP contribution in [0.3, 0.4) is 0 Å². The number of benzene rings is 2. The molecule has 0 unspecified atom stereocenters. The zero-order valence-corrected chi connectivity index (χ0v) is 20.0. The molecule has 0 bridgehead atoms. The summed E-state index contributed by atoms with van der Waals surface area (Å²) in [5.41, 5.74) is 3.20. The van der Waals surface area contributed by atoms with Gasteiger partial charge in [-0.05, 0) is 68.1 Å². The van der Waals surface area contributed by atoms with Gasteiger partial charge in [0.2, 0.25) is 0 Å². The highest BCUT2D eigenvalue weighted by Gasteiger charge is 2.18. The highest BCUT2D eigenvalue weighted by Crippen LogP contribution is 2.35. The maximum absolute atomic E-state index is 12.4. The third-order valence-corrected chi connectivity index (χ3v) is 5.44. The Bertz CT molecular complexity index is 1430. The molecule has 182 valence electrons. The SMILES string of the molecule is CCOc1cc(-c2ccc(OC(C)C)c(C[C@@H](C)C(=O)O)c2)ccc1-c1nc2[nH]nnc2c(=O)[nH]1. The van der Waals surface area contributed by atoms with E-state index in [-0.39, 0.29) is 17.3 Å². The number of nitrogens with one attached hydrogen (secondary N) is 2. The Balaban J connectivity index is 1.77. The molecule has 1 atom stereocenters. The quantitative estimate of drug-likeness (QED) is 0.330. The molecular weight excluding hydrogens is 450 g/mol. The second kappa shape index (κ2) is 9.96. The van der Waals surface area contributed by atoms with Gasteiger partial charge in [0.15, 0.2) is 11.2 Å². The lowest BCUT2D eigenvalue weighted by Gasteiger charge is -2.18. The third kappa shape index (κ3) is 5.16. The molecule has 4 aromatic rings. The molecule has 35 heavy (non-hydrogen) atoms. The minimum atomic E-state index is -0.861. The van der Waals surface area contributed by atoms with E-state index in [2.05, 4.69) is 25.4 Å². The molecule has 0 aliphatic carbocycles. The Morgan fingerprint density at radius 2 is 1.83 bits per heavy atom. The number of carboxylic acids is 1. The molecule has 0 saturated heterocycles. The highest BCUT2D eigenvalue weighted by atomic mass is 16.5. The molecule has 0 aliphatic rings. The summed E-state index contributed by atoms with van der Waals surface area (Å²) in [4.78, 5) is 31.0. The minimum absolute atomic E-state index is 0.0411. The topological polar surface area (TPSA) is 143 Å². The first kappa shape index (κ1) is 23.9. The molecule has 0 radical (unpaired) electrons. The number of ether oxygens (including phenoxy) is 2. The van der Waals surface area contributed by atoms with E-state index in [9.17, 15) is 14.7 Å². The van der Waals surface area contributed by atoms with Gasteiger partial charge in [-0.1, -0.05) is 24.3 Å². The summed E-state index contributed by atoms with van der Waals surface area (Å²) in [6.45, 7) is 7.83. The summed E-state index contributed by atoms with van der Waals surface area (Å²) in [6.07, 6.45) is 0.297. The van der Waals surface area contributed by atoms with Crippen LogP contribution in [-0.2, 0) is 11.2 Å². The fourth-order valence-corrected chi connectivity index (χ4v) is 3.76. The molecule has 10 heteroatoms. The van der Waals surface area contributed by atoms with E-state index in [1.165, 1.54) is 0 Å². The molecule has 0 aliphatic heterocycles. The van der Waals surface area contributed by atoms with Gasteiger partial charge in [-0.25, -0.2) is 10.1 Å². The van der Waals surface area contributed by atoms with E-state index in [1.54, 1.807) is 6.92 Å². The number of H-pyrrole nitrogens is 2. The van der Waals surface area contributed by atoms with Crippen LogP contribution in [0.4, 0.5) is 0 Å². The summed E-state index contributed by atoms with van der Waals surface area (Å²) in [6, 6.07) is 11.3. The number of carbonyl (C=O) groups is 1. The fourth-order valence-electron chi connectivity index (χ4n) is 3.76. The molecule has 0 amide bonds. The van der Waals surface area contributed by atoms with Crippen molar-refractivity contribution in [2.75, 3.05) is 6.61 Å². The van der Waals surface area contributed by atoms with Gasteiger partial charge in [-0.2, -0.15) is 0 Å². The summed E-state index contributed by atoms with van der Waals surface area (Å²) < 4.78 is 11.8.